The summed E-state index contributed by atoms with van der Waals surface area (Å²) in [6.07, 6.45) is 1.62. The largest absolute Gasteiger partial charge is 0.384 e. The average Bonchev–Trinajstić information content (AvgIpc) is 2.81. The molecule has 110 valence electrons. The molecule has 1 amide bonds. The van der Waals surface area contributed by atoms with Gasteiger partial charge in [-0.3, -0.25) is 4.79 Å². The van der Waals surface area contributed by atoms with Crippen LogP contribution in [0.4, 0.5) is 5.69 Å². The van der Waals surface area contributed by atoms with E-state index in [1.54, 1.807) is 0 Å². The van der Waals surface area contributed by atoms with E-state index in [-0.39, 0.29) is 5.91 Å². The van der Waals surface area contributed by atoms with Gasteiger partial charge in [0.2, 0.25) is 5.91 Å². The summed E-state index contributed by atoms with van der Waals surface area (Å²) in [7, 11) is 6.03. The van der Waals surface area contributed by atoms with Crippen molar-refractivity contribution in [3.63, 3.8) is 0 Å². The molecule has 1 unspecified atom stereocenters. The standard InChI is InChI=1S/C16H25N3O/c1-18(2)9-6-10-19(3)16(20)11-13-12-17-15-8-5-4-7-14(13)15/h4-5,7-8,13,17H,6,9-12H2,1-3H3. The van der Waals surface area contributed by atoms with Gasteiger partial charge in [0.15, 0.2) is 0 Å². The van der Waals surface area contributed by atoms with Crippen molar-refractivity contribution in [2.24, 2.45) is 0 Å². The molecule has 0 aliphatic carbocycles. The Hall–Kier alpha value is -1.55. The van der Waals surface area contributed by atoms with E-state index in [1.165, 1.54) is 11.3 Å². The summed E-state index contributed by atoms with van der Waals surface area (Å²) >= 11 is 0. The first kappa shape index (κ1) is 14.9. The summed E-state index contributed by atoms with van der Waals surface area (Å²) in [5.41, 5.74) is 2.46. The van der Waals surface area contributed by atoms with Gasteiger partial charge in [-0.05, 0) is 38.7 Å². The van der Waals surface area contributed by atoms with Gasteiger partial charge < -0.3 is 15.1 Å². The molecule has 1 aliphatic rings. The second kappa shape index (κ2) is 6.75. The van der Waals surface area contributed by atoms with E-state index >= 15 is 0 Å². The van der Waals surface area contributed by atoms with Crippen molar-refractivity contribution in [1.82, 2.24) is 9.80 Å². The average molecular weight is 275 g/mol. The first-order chi connectivity index (χ1) is 9.58. The number of amides is 1. The molecule has 1 N–H and O–H groups in total. The highest BCUT2D eigenvalue weighted by Gasteiger charge is 2.25. The Balaban J connectivity index is 1.83. The summed E-state index contributed by atoms with van der Waals surface area (Å²) in [5, 5.41) is 3.38. The van der Waals surface area contributed by atoms with E-state index in [1.807, 2.05) is 24.1 Å². The normalized spacial score (nSPS) is 16.9. The Morgan fingerprint density at radius 3 is 2.75 bits per heavy atom. The van der Waals surface area contributed by atoms with Crippen molar-refractivity contribution >= 4 is 11.6 Å². The number of nitrogens with zero attached hydrogens (tertiary/aromatic N) is 2. The zero-order valence-electron chi connectivity index (χ0n) is 12.7. The molecule has 0 spiro atoms. The van der Waals surface area contributed by atoms with Crippen LogP contribution in [0.1, 0.15) is 24.3 Å². The van der Waals surface area contributed by atoms with E-state index in [0.717, 1.165) is 26.1 Å². The summed E-state index contributed by atoms with van der Waals surface area (Å²) in [6.45, 7) is 2.72. The second-order valence-corrected chi connectivity index (χ2v) is 5.84. The third-order valence-corrected chi connectivity index (χ3v) is 3.89. The van der Waals surface area contributed by atoms with Gasteiger partial charge in [-0.15, -0.1) is 0 Å². The highest BCUT2D eigenvalue weighted by atomic mass is 16.2. The van der Waals surface area contributed by atoms with Crippen molar-refractivity contribution in [2.45, 2.75) is 18.8 Å². The van der Waals surface area contributed by atoms with E-state index in [4.69, 9.17) is 0 Å². The number of para-hydroxylation sites is 1. The van der Waals surface area contributed by atoms with Crippen molar-refractivity contribution in [3.05, 3.63) is 29.8 Å². The lowest BCUT2D eigenvalue weighted by molar-refractivity contribution is -0.130. The predicted molar refractivity (Wildman–Crippen MR) is 83.1 cm³/mol. The minimum atomic E-state index is 0.243. The van der Waals surface area contributed by atoms with E-state index in [9.17, 15) is 4.79 Å². The Morgan fingerprint density at radius 2 is 2.00 bits per heavy atom. The number of carbonyl (C=O) groups is 1. The van der Waals surface area contributed by atoms with Crippen LogP contribution in [0.25, 0.3) is 0 Å². The van der Waals surface area contributed by atoms with Gasteiger partial charge in [0, 0.05) is 38.2 Å². The molecule has 1 aromatic rings. The number of anilines is 1. The highest BCUT2D eigenvalue weighted by Crippen LogP contribution is 2.33. The molecule has 1 aliphatic heterocycles. The third-order valence-electron chi connectivity index (χ3n) is 3.89. The van der Waals surface area contributed by atoms with Crippen LogP contribution in [0.5, 0.6) is 0 Å². The zero-order chi connectivity index (χ0) is 14.5. The first-order valence-corrected chi connectivity index (χ1v) is 7.29. The molecule has 4 nitrogen and oxygen atoms in total. The SMILES string of the molecule is CN(C)CCCN(C)C(=O)CC1CNc2ccccc21. The maximum Gasteiger partial charge on any atom is 0.222 e. The second-order valence-electron chi connectivity index (χ2n) is 5.84. The molecule has 1 atom stereocenters. The fraction of sp³-hybridized carbons (Fsp3) is 0.562. The molecule has 0 radical (unpaired) electrons. The summed E-state index contributed by atoms with van der Waals surface area (Å²) in [6, 6.07) is 8.29. The Kier molecular flexibility index (Phi) is 5.01. The Morgan fingerprint density at radius 1 is 1.25 bits per heavy atom. The molecular formula is C16H25N3O. The maximum absolute atomic E-state index is 12.3. The van der Waals surface area contributed by atoms with Crippen LogP contribution in [0.2, 0.25) is 0 Å². The van der Waals surface area contributed by atoms with Crippen LogP contribution in [0, 0.1) is 0 Å². The number of carbonyl (C=O) groups excluding carboxylic acids is 1. The highest BCUT2D eigenvalue weighted by molar-refractivity contribution is 5.78. The van der Waals surface area contributed by atoms with Gasteiger partial charge in [0.25, 0.3) is 0 Å². The van der Waals surface area contributed by atoms with Crippen LogP contribution < -0.4 is 5.32 Å². The monoisotopic (exact) mass is 275 g/mol. The summed E-state index contributed by atoms with van der Waals surface area (Å²) in [5.74, 6) is 0.558. The Labute approximate surface area is 121 Å². The van der Waals surface area contributed by atoms with Gasteiger partial charge in [0.1, 0.15) is 0 Å². The molecule has 0 bridgehead atoms. The molecule has 20 heavy (non-hydrogen) atoms. The summed E-state index contributed by atoms with van der Waals surface area (Å²) in [4.78, 5) is 16.3. The lowest BCUT2D eigenvalue weighted by Gasteiger charge is -2.20. The van der Waals surface area contributed by atoms with Crippen LogP contribution >= 0.6 is 0 Å². The fourth-order valence-corrected chi connectivity index (χ4v) is 2.65. The molecule has 1 aromatic carbocycles. The minimum absolute atomic E-state index is 0.243. The first-order valence-electron chi connectivity index (χ1n) is 7.29. The van der Waals surface area contributed by atoms with Crippen molar-refractivity contribution in [3.8, 4) is 0 Å². The quantitative estimate of drug-likeness (QED) is 0.862. The van der Waals surface area contributed by atoms with Gasteiger partial charge in [0.05, 0.1) is 0 Å². The molecule has 0 saturated heterocycles. The van der Waals surface area contributed by atoms with E-state index < -0.39 is 0 Å². The molecule has 2 rings (SSSR count). The number of rotatable bonds is 6. The van der Waals surface area contributed by atoms with E-state index in [0.29, 0.717) is 12.3 Å². The summed E-state index contributed by atoms with van der Waals surface area (Å²) < 4.78 is 0. The van der Waals surface area contributed by atoms with Crippen LogP contribution in [-0.2, 0) is 4.79 Å². The van der Waals surface area contributed by atoms with Gasteiger partial charge in [-0.2, -0.15) is 0 Å². The minimum Gasteiger partial charge on any atom is -0.384 e. The number of fused-ring (bicyclic) bond motifs is 1. The van der Waals surface area contributed by atoms with Gasteiger partial charge in [-0.25, -0.2) is 0 Å². The van der Waals surface area contributed by atoms with Crippen molar-refractivity contribution in [1.29, 1.82) is 0 Å². The predicted octanol–water partition coefficient (Wildman–Crippen LogP) is 2.00. The molecule has 0 aromatic heterocycles. The van der Waals surface area contributed by atoms with E-state index in [2.05, 4.69) is 36.4 Å². The molecule has 0 saturated carbocycles. The number of hydrogen-bond donors (Lipinski definition) is 1. The van der Waals surface area contributed by atoms with Gasteiger partial charge >= 0.3 is 0 Å². The fourth-order valence-electron chi connectivity index (χ4n) is 2.65. The molecule has 1 heterocycles. The molecule has 4 heteroatoms. The lowest BCUT2D eigenvalue weighted by Crippen LogP contribution is -2.31. The zero-order valence-corrected chi connectivity index (χ0v) is 12.7. The van der Waals surface area contributed by atoms with Crippen LogP contribution in [0.3, 0.4) is 0 Å². The topological polar surface area (TPSA) is 35.6 Å². The molecule has 0 fully saturated rings. The van der Waals surface area contributed by atoms with Crippen LogP contribution in [0.15, 0.2) is 24.3 Å². The van der Waals surface area contributed by atoms with Gasteiger partial charge in [-0.1, -0.05) is 18.2 Å². The van der Waals surface area contributed by atoms with Crippen molar-refractivity contribution in [2.75, 3.05) is 46.1 Å². The lowest BCUT2D eigenvalue weighted by atomic mass is 9.97. The Bertz CT molecular complexity index is 459. The number of hydrogen-bond acceptors (Lipinski definition) is 3. The smallest absolute Gasteiger partial charge is 0.222 e. The molecular weight excluding hydrogens is 250 g/mol. The van der Waals surface area contributed by atoms with Crippen molar-refractivity contribution < 1.29 is 4.79 Å². The number of benzene rings is 1. The third kappa shape index (κ3) is 3.73. The number of nitrogens with one attached hydrogen (secondary N) is 1. The van der Waals surface area contributed by atoms with Crippen LogP contribution in [-0.4, -0.2) is 56.5 Å². The maximum atomic E-state index is 12.3.